The summed E-state index contributed by atoms with van der Waals surface area (Å²) in [6.07, 6.45) is 24.9. The molecule has 0 spiro atoms. The van der Waals surface area contributed by atoms with Crippen molar-refractivity contribution in [1.82, 2.24) is 0 Å². The molecule has 0 fully saturated rings. The van der Waals surface area contributed by atoms with E-state index >= 15 is 0 Å². The molecule has 0 saturated heterocycles. The van der Waals surface area contributed by atoms with Crippen LogP contribution in [0.2, 0.25) is 0 Å². The first-order valence-corrected chi connectivity index (χ1v) is 9.05. The molecule has 0 N–H and O–H groups in total. The Bertz CT molecular complexity index is 286. The molecule has 0 heterocycles. The Morgan fingerprint density at radius 3 is 1.90 bits per heavy atom. The highest BCUT2D eigenvalue weighted by Crippen LogP contribution is 2.37. The van der Waals surface area contributed by atoms with E-state index in [-0.39, 0.29) is 0 Å². The average molecular weight is 277 g/mol. The van der Waals surface area contributed by atoms with Crippen LogP contribution in [0.25, 0.3) is 0 Å². The van der Waals surface area contributed by atoms with Gasteiger partial charge in [-0.15, -0.1) is 0 Å². The van der Waals surface area contributed by atoms with Gasteiger partial charge in [0.2, 0.25) is 0 Å². The zero-order valence-electron chi connectivity index (χ0n) is 14.2. The molecule has 0 nitrogen and oxygen atoms in total. The average Bonchev–Trinajstić information content (AvgIpc) is 2.44. The van der Waals surface area contributed by atoms with Crippen LogP contribution in [0.3, 0.4) is 0 Å². The number of rotatable bonds is 11. The molecular formula is C20H36. The molecule has 0 heteroatoms. The van der Waals surface area contributed by atoms with E-state index < -0.39 is 0 Å². The number of unbranched alkanes of at least 4 members (excludes halogenated alkanes) is 9. The maximum Gasteiger partial charge on any atom is -0.00832 e. The summed E-state index contributed by atoms with van der Waals surface area (Å²) in [6.45, 7) is 7.07. The quantitative estimate of drug-likeness (QED) is 0.354. The molecule has 0 radical (unpaired) electrons. The standard InChI is InChI=1S/C20H36/c1-4-5-6-7-8-9-10-11-12-14-17-20(3)18-15-13-16-19(20)2/h13,15-16,18-19H,4-12,14,17H2,1-3H3. The molecule has 1 aliphatic rings. The summed E-state index contributed by atoms with van der Waals surface area (Å²) in [5.74, 6) is 0.700. The molecule has 0 aromatic carbocycles. The predicted octanol–water partition coefficient (Wildman–Crippen LogP) is 7.07. The third kappa shape index (κ3) is 6.77. The number of hydrogen-bond donors (Lipinski definition) is 0. The van der Waals surface area contributed by atoms with Gasteiger partial charge < -0.3 is 0 Å². The molecule has 1 aliphatic carbocycles. The Morgan fingerprint density at radius 1 is 0.800 bits per heavy atom. The van der Waals surface area contributed by atoms with Crippen LogP contribution >= 0.6 is 0 Å². The van der Waals surface area contributed by atoms with Crippen molar-refractivity contribution in [1.29, 1.82) is 0 Å². The Hall–Kier alpha value is -0.520. The van der Waals surface area contributed by atoms with E-state index in [0.29, 0.717) is 11.3 Å². The highest BCUT2D eigenvalue weighted by molar-refractivity contribution is 5.18. The Kier molecular flexibility index (Phi) is 8.98. The molecule has 20 heavy (non-hydrogen) atoms. The maximum absolute atomic E-state index is 2.42. The van der Waals surface area contributed by atoms with Gasteiger partial charge in [0.1, 0.15) is 0 Å². The van der Waals surface area contributed by atoms with Gasteiger partial charge in [-0.05, 0) is 17.8 Å². The van der Waals surface area contributed by atoms with Crippen LogP contribution in [-0.2, 0) is 0 Å². The van der Waals surface area contributed by atoms with Crippen LogP contribution in [-0.4, -0.2) is 0 Å². The van der Waals surface area contributed by atoms with Gasteiger partial charge in [0.25, 0.3) is 0 Å². The van der Waals surface area contributed by atoms with Crippen LogP contribution in [0.5, 0.6) is 0 Å². The lowest BCUT2D eigenvalue weighted by molar-refractivity contribution is 0.287. The third-order valence-electron chi connectivity index (χ3n) is 5.10. The minimum Gasteiger partial charge on any atom is -0.0809 e. The van der Waals surface area contributed by atoms with E-state index in [0.717, 1.165) is 0 Å². The van der Waals surface area contributed by atoms with E-state index in [2.05, 4.69) is 45.1 Å². The fourth-order valence-corrected chi connectivity index (χ4v) is 3.18. The first-order valence-electron chi connectivity index (χ1n) is 9.05. The van der Waals surface area contributed by atoms with Gasteiger partial charge in [-0.25, -0.2) is 0 Å². The van der Waals surface area contributed by atoms with E-state index in [1.165, 1.54) is 70.6 Å². The lowest BCUT2D eigenvalue weighted by Gasteiger charge is -2.33. The maximum atomic E-state index is 2.42. The summed E-state index contributed by atoms with van der Waals surface area (Å²) >= 11 is 0. The zero-order chi connectivity index (χ0) is 14.7. The SMILES string of the molecule is CCCCCCCCCCCCC1(C)C=CC=CC1C. The van der Waals surface area contributed by atoms with Crippen molar-refractivity contribution in [3.63, 3.8) is 0 Å². The normalized spacial score (nSPS) is 25.2. The lowest BCUT2D eigenvalue weighted by atomic mass is 9.72. The van der Waals surface area contributed by atoms with Crippen molar-refractivity contribution >= 4 is 0 Å². The van der Waals surface area contributed by atoms with E-state index in [4.69, 9.17) is 0 Å². The zero-order valence-corrected chi connectivity index (χ0v) is 14.2. The first-order chi connectivity index (χ1) is 9.69. The van der Waals surface area contributed by atoms with Gasteiger partial charge in [0.15, 0.2) is 0 Å². The van der Waals surface area contributed by atoms with Crippen molar-refractivity contribution < 1.29 is 0 Å². The van der Waals surface area contributed by atoms with Crippen LogP contribution in [0.1, 0.15) is 91.4 Å². The fraction of sp³-hybridized carbons (Fsp3) is 0.800. The molecule has 0 saturated carbocycles. The van der Waals surface area contributed by atoms with Gasteiger partial charge in [0, 0.05) is 0 Å². The second kappa shape index (κ2) is 10.2. The van der Waals surface area contributed by atoms with E-state index in [1.807, 2.05) is 0 Å². The molecule has 1 rings (SSSR count). The van der Waals surface area contributed by atoms with Crippen LogP contribution in [0, 0.1) is 11.3 Å². The molecule has 116 valence electrons. The van der Waals surface area contributed by atoms with Crippen LogP contribution in [0.4, 0.5) is 0 Å². The Balaban J connectivity index is 1.94. The summed E-state index contributed by atoms with van der Waals surface area (Å²) in [4.78, 5) is 0. The van der Waals surface area contributed by atoms with Crippen molar-refractivity contribution in [2.45, 2.75) is 91.4 Å². The summed E-state index contributed by atoms with van der Waals surface area (Å²) in [5.41, 5.74) is 0.412. The topological polar surface area (TPSA) is 0 Å². The number of allylic oxidation sites excluding steroid dienone is 4. The molecule has 0 aromatic rings. The monoisotopic (exact) mass is 276 g/mol. The second-order valence-corrected chi connectivity index (χ2v) is 6.97. The number of hydrogen-bond acceptors (Lipinski definition) is 0. The molecule has 0 amide bonds. The van der Waals surface area contributed by atoms with E-state index in [9.17, 15) is 0 Å². The largest absolute Gasteiger partial charge is 0.0809 e. The van der Waals surface area contributed by atoms with Crippen molar-refractivity contribution in [2.24, 2.45) is 11.3 Å². The lowest BCUT2D eigenvalue weighted by Crippen LogP contribution is -2.23. The van der Waals surface area contributed by atoms with Gasteiger partial charge in [-0.1, -0.05) is 109 Å². The molecule has 0 bridgehead atoms. The summed E-state index contributed by atoms with van der Waals surface area (Å²) < 4.78 is 0. The van der Waals surface area contributed by atoms with Gasteiger partial charge >= 0.3 is 0 Å². The smallest absolute Gasteiger partial charge is 0.00832 e. The molecule has 0 aromatic heterocycles. The van der Waals surface area contributed by atoms with E-state index in [1.54, 1.807) is 0 Å². The Morgan fingerprint density at radius 2 is 1.35 bits per heavy atom. The molecule has 2 unspecified atom stereocenters. The first kappa shape index (κ1) is 17.5. The Labute approximate surface area is 127 Å². The third-order valence-corrected chi connectivity index (χ3v) is 5.10. The summed E-state index contributed by atoms with van der Waals surface area (Å²) in [7, 11) is 0. The minimum absolute atomic E-state index is 0.412. The minimum atomic E-state index is 0.412. The van der Waals surface area contributed by atoms with Crippen molar-refractivity contribution in [3.8, 4) is 0 Å². The van der Waals surface area contributed by atoms with Crippen LogP contribution < -0.4 is 0 Å². The summed E-state index contributed by atoms with van der Waals surface area (Å²) in [6, 6.07) is 0. The predicted molar refractivity (Wildman–Crippen MR) is 92.0 cm³/mol. The van der Waals surface area contributed by atoms with Gasteiger partial charge in [0.05, 0.1) is 0 Å². The van der Waals surface area contributed by atoms with Gasteiger partial charge in [-0.2, -0.15) is 0 Å². The van der Waals surface area contributed by atoms with Crippen LogP contribution in [0.15, 0.2) is 24.3 Å². The fourth-order valence-electron chi connectivity index (χ4n) is 3.18. The molecule has 2 atom stereocenters. The van der Waals surface area contributed by atoms with Gasteiger partial charge in [-0.3, -0.25) is 0 Å². The molecule has 0 aliphatic heterocycles. The highest BCUT2D eigenvalue weighted by atomic mass is 14.3. The van der Waals surface area contributed by atoms with Crippen molar-refractivity contribution in [2.75, 3.05) is 0 Å². The highest BCUT2D eigenvalue weighted by Gasteiger charge is 2.27. The summed E-state index contributed by atoms with van der Waals surface area (Å²) in [5, 5.41) is 0. The van der Waals surface area contributed by atoms with Crippen molar-refractivity contribution in [3.05, 3.63) is 24.3 Å². The second-order valence-electron chi connectivity index (χ2n) is 6.97. The molecular weight excluding hydrogens is 240 g/mol.